The lowest BCUT2D eigenvalue weighted by atomic mass is 10.1. The van der Waals surface area contributed by atoms with E-state index in [2.05, 4.69) is 5.32 Å². The second kappa shape index (κ2) is 5.90. The van der Waals surface area contributed by atoms with Gasteiger partial charge in [-0.15, -0.1) is 0 Å². The van der Waals surface area contributed by atoms with Crippen molar-refractivity contribution in [3.63, 3.8) is 0 Å². The Balaban J connectivity index is 2.06. The number of hydrogen-bond donors (Lipinski definition) is 1. The highest BCUT2D eigenvalue weighted by Crippen LogP contribution is 2.21. The van der Waals surface area contributed by atoms with Gasteiger partial charge >= 0.3 is 6.18 Å². The third kappa shape index (κ3) is 3.52. The van der Waals surface area contributed by atoms with Crippen LogP contribution in [0.5, 0.6) is 0 Å². The second-order valence-corrected chi connectivity index (χ2v) is 4.79. The van der Waals surface area contributed by atoms with E-state index in [1.54, 1.807) is 0 Å². The van der Waals surface area contributed by atoms with Gasteiger partial charge in [0.25, 0.3) is 5.91 Å². The zero-order valence-corrected chi connectivity index (χ0v) is 11.1. The van der Waals surface area contributed by atoms with Crippen molar-refractivity contribution in [1.82, 2.24) is 10.2 Å². The Morgan fingerprint density at radius 3 is 2.41 bits per heavy atom. The lowest BCUT2D eigenvalue weighted by molar-refractivity contribution is -0.157. The Morgan fingerprint density at radius 2 is 1.86 bits per heavy atom. The molecule has 1 heterocycles. The molecule has 0 saturated carbocycles. The topological polar surface area (TPSA) is 49.4 Å². The quantitative estimate of drug-likeness (QED) is 0.864. The zero-order chi connectivity index (χ0) is 16.5. The van der Waals surface area contributed by atoms with E-state index >= 15 is 0 Å². The molecule has 0 unspecified atom stereocenters. The van der Waals surface area contributed by atoms with E-state index in [1.807, 2.05) is 0 Å². The molecule has 0 radical (unpaired) electrons. The van der Waals surface area contributed by atoms with Crippen LogP contribution in [0.1, 0.15) is 16.8 Å². The first-order valence-corrected chi connectivity index (χ1v) is 6.29. The Bertz CT molecular complexity index is 582. The van der Waals surface area contributed by atoms with Gasteiger partial charge in [-0.05, 0) is 18.6 Å². The molecular weight excluding hydrogens is 311 g/mol. The number of amides is 2. The molecule has 1 atom stereocenters. The van der Waals surface area contributed by atoms with Crippen LogP contribution in [0.4, 0.5) is 22.0 Å². The third-order valence-electron chi connectivity index (χ3n) is 3.16. The van der Waals surface area contributed by atoms with E-state index in [1.165, 1.54) is 0 Å². The smallest absolute Gasteiger partial charge is 0.340 e. The van der Waals surface area contributed by atoms with Crippen molar-refractivity contribution in [2.24, 2.45) is 0 Å². The minimum absolute atomic E-state index is 0.0588. The maximum atomic E-state index is 13.4. The van der Waals surface area contributed by atoms with Crippen molar-refractivity contribution in [3.05, 3.63) is 35.4 Å². The van der Waals surface area contributed by atoms with Gasteiger partial charge in [-0.1, -0.05) is 6.07 Å². The molecule has 1 saturated heterocycles. The van der Waals surface area contributed by atoms with E-state index in [9.17, 15) is 31.5 Å². The number of rotatable bonds is 3. The fourth-order valence-electron chi connectivity index (χ4n) is 2.19. The molecule has 1 aliphatic rings. The van der Waals surface area contributed by atoms with E-state index in [-0.39, 0.29) is 13.0 Å². The number of carbonyl (C=O) groups is 2. The van der Waals surface area contributed by atoms with E-state index in [4.69, 9.17) is 0 Å². The number of nitrogens with one attached hydrogen (secondary N) is 1. The SMILES string of the molecule is O=C(N[C@H]1CCN(CC(F)(F)F)C1=O)c1c(F)cccc1F. The lowest BCUT2D eigenvalue weighted by Crippen LogP contribution is -2.44. The largest absolute Gasteiger partial charge is 0.406 e. The van der Waals surface area contributed by atoms with E-state index in [0.29, 0.717) is 4.90 Å². The molecule has 22 heavy (non-hydrogen) atoms. The summed E-state index contributed by atoms with van der Waals surface area (Å²) in [6.45, 7) is -1.62. The molecule has 1 aliphatic heterocycles. The molecule has 1 aromatic carbocycles. The summed E-state index contributed by atoms with van der Waals surface area (Å²) in [5.74, 6) is -4.34. The minimum Gasteiger partial charge on any atom is -0.340 e. The Labute approximate surface area is 121 Å². The fourth-order valence-corrected chi connectivity index (χ4v) is 2.19. The lowest BCUT2D eigenvalue weighted by Gasteiger charge is -2.18. The van der Waals surface area contributed by atoms with Crippen LogP contribution in [-0.4, -0.2) is 42.0 Å². The molecule has 2 rings (SSSR count). The molecule has 2 amide bonds. The number of carbonyl (C=O) groups excluding carboxylic acids is 2. The molecule has 1 N–H and O–H groups in total. The van der Waals surface area contributed by atoms with Crippen LogP contribution in [-0.2, 0) is 4.79 Å². The Morgan fingerprint density at radius 1 is 1.27 bits per heavy atom. The molecule has 0 aromatic heterocycles. The van der Waals surface area contributed by atoms with E-state index < -0.39 is 47.8 Å². The number of halogens is 5. The van der Waals surface area contributed by atoms with Gasteiger partial charge < -0.3 is 10.2 Å². The highest BCUT2D eigenvalue weighted by molar-refractivity contribution is 5.98. The van der Waals surface area contributed by atoms with Gasteiger partial charge in [0.1, 0.15) is 29.8 Å². The van der Waals surface area contributed by atoms with Crippen molar-refractivity contribution in [1.29, 1.82) is 0 Å². The Kier molecular flexibility index (Phi) is 4.34. The monoisotopic (exact) mass is 322 g/mol. The normalized spacial score (nSPS) is 18.7. The van der Waals surface area contributed by atoms with Crippen molar-refractivity contribution in [3.8, 4) is 0 Å². The first-order valence-electron chi connectivity index (χ1n) is 6.29. The molecule has 1 fully saturated rings. The van der Waals surface area contributed by atoms with Gasteiger partial charge in [-0.2, -0.15) is 13.2 Å². The number of benzene rings is 1. The summed E-state index contributed by atoms with van der Waals surface area (Å²) in [5, 5.41) is 2.06. The van der Waals surface area contributed by atoms with Gasteiger partial charge in [-0.25, -0.2) is 8.78 Å². The maximum absolute atomic E-state index is 13.4. The third-order valence-corrected chi connectivity index (χ3v) is 3.16. The molecule has 0 aliphatic carbocycles. The van der Waals surface area contributed by atoms with Crippen molar-refractivity contribution in [2.45, 2.75) is 18.6 Å². The van der Waals surface area contributed by atoms with Crippen LogP contribution in [0, 0.1) is 11.6 Å². The molecule has 0 spiro atoms. The summed E-state index contributed by atoms with van der Waals surface area (Å²) >= 11 is 0. The molecule has 4 nitrogen and oxygen atoms in total. The van der Waals surface area contributed by atoms with Crippen LogP contribution in [0.25, 0.3) is 0 Å². The van der Waals surface area contributed by atoms with Crippen molar-refractivity contribution < 1.29 is 31.5 Å². The molecule has 1 aromatic rings. The summed E-state index contributed by atoms with van der Waals surface area (Å²) in [5.41, 5.74) is -0.871. The number of likely N-dealkylation sites (tertiary alicyclic amines) is 1. The molecule has 120 valence electrons. The van der Waals surface area contributed by atoms with Crippen molar-refractivity contribution in [2.75, 3.05) is 13.1 Å². The van der Waals surface area contributed by atoms with Crippen molar-refractivity contribution >= 4 is 11.8 Å². The first kappa shape index (κ1) is 16.2. The minimum atomic E-state index is -4.55. The van der Waals surface area contributed by atoms with Crippen LogP contribution < -0.4 is 5.32 Å². The first-order chi connectivity index (χ1) is 10.2. The van der Waals surface area contributed by atoms with Gasteiger partial charge in [0.2, 0.25) is 5.91 Å². The number of hydrogen-bond acceptors (Lipinski definition) is 2. The fraction of sp³-hybridized carbons (Fsp3) is 0.385. The summed E-state index contributed by atoms with van der Waals surface area (Å²) in [6, 6.07) is 1.57. The predicted octanol–water partition coefficient (Wildman–Crippen LogP) is 1.86. The molecular formula is C13H11F5N2O2. The predicted molar refractivity (Wildman–Crippen MR) is 64.9 cm³/mol. The van der Waals surface area contributed by atoms with E-state index in [0.717, 1.165) is 18.2 Å². The van der Waals surface area contributed by atoms with Crippen LogP contribution in [0.2, 0.25) is 0 Å². The van der Waals surface area contributed by atoms with Gasteiger partial charge in [0.05, 0.1) is 0 Å². The average Bonchev–Trinajstić information content (AvgIpc) is 2.69. The van der Waals surface area contributed by atoms with Gasteiger partial charge in [0, 0.05) is 6.54 Å². The summed E-state index contributed by atoms with van der Waals surface area (Å²) in [4.78, 5) is 24.1. The molecule has 0 bridgehead atoms. The zero-order valence-electron chi connectivity index (χ0n) is 11.1. The van der Waals surface area contributed by atoms with Crippen LogP contribution in [0.15, 0.2) is 18.2 Å². The Hall–Kier alpha value is -2.19. The number of alkyl halides is 3. The standard InChI is InChI=1S/C13H11F5N2O2/c14-7-2-1-3-8(15)10(7)11(21)19-9-4-5-20(12(9)22)6-13(16,17)18/h1-3,9H,4-6H2,(H,19,21)/t9-/m0/s1. The maximum Gasteiger partial charge on any atom is 0.406 e. The van der Waals surface area contributed by atoms with Crippen LogP contribution >= 0.6 is 0 Å². The highest BCUT2D eigenvalue weighted by Gasteiger charge is 2.40. The summed E-state index contributed by atoms with van der Waals surface area (Å²) < 4.78 is 63.6. The summed E-state index contributed by atoms with van der Waals surface area (Å²) in [6.07, 6.45) is -4.61. The highest BCUT2D eigenvalue weighted by atomic mass is 19.4. The van der Waals surface area contributed by atoms with Gasteiger partial charge in [-0.3, -0.25) is 9.59 Å². The average molecular weight is 322 g/mol. The van der Waals surface area contributed by atoms with Crippen LogP contribution in [0.3, 0.4) is 0 Å². The second-order valence-electron chi connectivity index (χ2n) is 4.79. The number of nitrogens with zero attached hydrogens (tertiary/aromatic N) is 1. The van der Waals surface area contributed by atoms with Gasteiger partial charge in [0.15, 0.2) is 0 Å². The molecule has 9 heteroatoms. The summed E-state index contributed by atoms with van der Waals surface area (Å²) in [7, 11) is 0.